The average molecular weight is 238 g/mol. The normalized spacial score (nSPS) is 11.2. The third-order valence-corrected chi connectivity index (χ3v) is 4.09. The molecule has 0 heterocycles. The molecule has 0 aliphatic carbocycles. The molecule has 0 bridgehead atoms. The Labute approximate surface area is 90.8 Å². The standard InChI is InChI=1S/C8H18O6Si/c1-5-6-13-8(9)14-7-15(10-2,11-3)12-4/h5-7H2,1-4H3. The summed E-state index contributed by atoms with van der Waals surface area (Å²) < 4.78 is 24.7. The maximum atomic E-state index is 11.0. The lowest BCUT2D eigenvalue weighted by Crippen LogP contribution is -2.48. The number of hydrogen-bond acceptors (Lipinski definition) is 6. The van der Waals surface area contributed by atoms with E-state index in [-0.39, 0.29) is 6.23 Å². The zero-order valence-corrected chi connectivity index (χ0v) is 10.6. The molecule has 0 amide bonds. The van der Waals surface area contributed by atoms with Crippen LogP contribution < -0.4 is 0 Å². The predicted molar refractivity (Wildman–Crippen MR) is 54.4 cm³/mol. The van der Waals surface area contributed by atoms with Crippen molar-refractivity contribution < 1.29 is 27.5 Å². The van der Waals surface area contributed by atoms with Gasteiger partial charge in [-0.2, -0.15) is 0 Å². The number of ether oxygens (including phenoxy) is 2. The lowest BCUT2D eigenvalue weighted by Gasteiger charge is -2.23. The molecule has 0 rings (SSSR count). The largest absolute Gasteiger partial charge is 0.540 e. The first-order valence-corrected chi connectivity index (χ1v) is 6.52. The first-order chi connectivity index (χ1) is 7.14. The van der Waals surface area contributed by atoms with Crippen molar-refractivity contribution in [1.82, 2.24) is 0 Å². The van der Waals surface area contributed by atoms with Crippen LogP contribution in [0.25, 0.3) is 0 Å². The summed E-state index contributed by atoms with van der Waals surface area (Å²) in [6, 6.07) is 0. The molecule has 90 valence electrons. The maximum absolute atomic E-state index is 11.0. The third kappa shape index (κ3) is 5.12. The first kappa shape index (κ1) is 14.4. The van der Waals surface area contributed by atoms with Gasteiger partial charge in [-0.3, -0.25) is 0 Å². The molecule has 0 aliphatic rings. The van der Waals surface area contributed by atoms with Crippen LogP contribution in [-0.4, -0.2) is 49.1 Å². The van der Waals surface area contributed by atoms with Gasteiger partial charge in [-0.05, 0) is 6.42 Å². The zero-order valence-electron chi connectivity index (χ0n) is 9.57. The van der Waals surface area contributed by atoms with Crippen LogP contribution in [0.15, 0.2) is 0 Å². The Hall–Kier alpha value is -0.633. The Balaban J connectivity index is 3.93. The minimum absolute atomic E-state index is 0.0565. The van der Waals surface area contributed by atoms with E-state index in [0.29, 0.717) is 6.61 Å². The second kappa shape index (κ2) is 7.63. The number of hydrogen-bond donors (Lipinski definition) is 0. The monoisotopic (exact) mass is 238 g/mol. The summed E-state index contributed by atoms with van der Waals surface area (Å²) in [7, 11) is 1.49. The van der Waals surface area contributed by atoms with Crippen LogP contribution in [0.2, 0.25) is 0 Å². The van der Waals surface area contributed by atoms with Crippen LogP contribution in [0.5, 0.6) is 0 Å². The van der Waals surface area contributed by atoms with Gasteiger partial charge in [0.05, 0.1) is 6.61 Å². The highest BCUT2D eigenvalue weighted by Crippen LogP contribution is 2.06. The summed E-state index contributed by atoms with van der Waals surface area (Å²) in [5.74, 6) is 0. The lowest BCUT2D eigenvalue weighted by molar-refractivity contribution is 0.0384. The molecule has 0 atom stereocenters. The molecule has 0 N–H and O–H groups in total. The van der Waals surface area contributed by atoms with Crippen LogP contribution in [0.1, 0.15) is 13.3 Å². The highest BCUT2D eigenvalue weighted by Gasteiger charge is 2.40. The van der Waals surface area contributed by atoms with Crippen molar-refractivity contribution in [2.24, 2.45) is 0 Å². The summed E-state index contributed by atoms with van der Waals surface area (Å²) in [6.45, 7) is 2.23. The van der Waals surface area contributed by atoms with Gasteiger partial charge < -0.3 is 22.8 Å². The smallest absolute Gasteiger partial charge is 0.434 e. The van der Waals surface area contributed by atoms with Crippen molar-refractivity contribution in [2.45, 2.75) is 13.3 Å². The van der Waals surface area contributed by atoms with Crippen LogP contribution >= 0.6 is 0 Å². The Kier molecular flexibility index (Phi) is 7.31. The Morgan fingerprint density at radius 3 is 2.00 bits per heavy atom. The minimum Gasteiger partial charge on any atom is -0.434 e. The van der Waals surface area contributed by atoms with E-state index in [2.05, 4.69) is 0 Å². The molecule has 0 saturated carbocycles. The first-order valence-electron chi connectivity index (χ1n) is 4.59. The molecule has 7 heteroatoms. The van der Waals surface area contributed by atoms with E-state index in [1.54, 1.807) is 0 Å². The van der Waals surface area contributed by atoms with Gasteiger partial charge in [0.2, 0.25) is 0 Å². The molecular weight excluding hydrogens is 220 g/mol. The maximum Gasteiger partial charge on any atom is 0.540 e. The van der Waals surface area contributed by atoms with Crippen LogP contribution in [-0.2, 0) is 22.8 Å². The van der Waals surface area contributed by atoms with Gasteiger partial charge in [-0.1, -0.05) is 6.92 Å². The molecule has 0 aliphatic heterocycles. The van der Waals surface area contributed by atoms with E-state index in [1.165, 1.54) is 21.3 Å². The fourth-order valence-corrected chi connectivity index (χ4v) is 1.95. The van der Waals surface area contributed by atoms with Crippen molar-refractivity contribution in [1.29, 1.82) is 0 Å². The van der Waals surface area contributed by atoms with Crippen molar-refractivity contribution in [3.63, 3.8) is 0 Å². The molecular formula is C8H18O6Si. The van der Waals surface area contributed by atoms with Gasteiger partial charge in [0.25, 0.3) is 0 Å². The molecule has 0 radical (unpaired) electrons. The Morgan fingerprint density at radius 2 is 1.60 bits per heavy atom. The molecule has 0 aromatic carbocycles. The zero-order chi connectivity index (χ0) is 11.7. The van der Waals surface area contributed by atoms with E-state index >= 15 is 0 Å². The topological polar surface area (TPSA) is 63.2 Å². The molecule has 0 saturated heterocycles. The van der Waals surface area contributed by atoms with Crippen molar-refractivity contribution in [3.8, 4) is 0 Å². The number of carbonyl (C=O) groups is 1. The minimum atomic E-state index is -2.84. The molecule has 6 nitrogen and oxygen atoms in total. The van der Waals surface area contributed by atoms with Gasteiger partial charge in [0, 0.05) is 21.3 Å². The molecule has 0 fully saturated rings. The van der Waals surface area contributed by atoms with Gasteiger partial charge in [0.15, 0.2) is 6.23 Å². The highest BCUT2D eigenvalue weighted by molar-refractivity contribution is 6.60. The summed E-state index contributed by atoms with van der Waals surface area (Å²) >= 11 is 0. The quantitative estimate of drug-likeness (QED) is 0.486. The lowest BCUT2D eigenvalue weighted by atomic mass is 10.5. The number of carbonyl (C=O) groups excluding carboxylic acids is 1. The highest BCUT2D eigenvalue weighted by atomic mass is 28.4. The average Bonchev–Trinajstić information content (AvgIpc) is 2.29. The van der Waals surface area contributed by atoms with Crippen LogP contribution in [0.3, 0.4) is 0 Å². The van der Waals surface area contributed by atoms with E-state index in [1.807, 2.05) is 6.92 Å². The Bertz CT molecular complexity index is 174. The molecule has 0 unspecified atom stereocenters. The Morgan fingerprint density at radius 1 is 1.07 bits per heavy atom. The van der Waals surface area contributed by atoms with E-state index in [9.17, 15) is 4.79 Å². The van der Waals surface area contributed by atoms with Crippen LogP contribution in [0, 0.1) is 0 Å². The second-order valence-electron chi connectivity index (χ2n) is 2.68. The summed E-state index contributed by atoms with van der Waals surface area (Å²) in [5, 5.41) is 0. The fraction of sp³-hybridized carbons (Fsp3) is 0.875. The predicted octanol–water partition coefficient (Wildman–Crippen LogP) is 0.967. The SMILES string of the molecule is CCCOC(=O)OC[Si](OC)(OC)OC. The van der Waals surface area contributed by atoms with Gasteiger partial charge in [-0.15, -0.1) is 0 Å². The molecule has 0 aromatic rings. The van der Waals surface area contributed by atoms with Gasteiger partial charge in [-0.25, -0.2) is 4.79 Å². The van der Waals surface area contributed by atoms with Crippen LogP contribution in [0.4, 0.5) is 4.79 Å². The van der Waals surface area contributed by atoms with Gasteiger partial charge in [0.1, 0.15) is 0 Å². The summed E-state index contributed by atoms with van der Waals surface area (Å²) in [4.78, 5) is 11.0. The number of rotatable bonds is 7. The van der Waals surface area contributed by atoms with Gasteiger partial charge >= 0.3 is 15.0 Å². The van der Waals surface area contributed by atoms with E-state index in [0.717, 1.165) is 6.42 Å². The van der Waals surface area contributed by atoms with Crippen molar-refractivity contribution in [2.75, 3.05) is 34.2 Å². The van der Waals surface area contributed by atoms with Crippen molar-refractivity contribution >= 4 is 15.0 Å². The van der Waals surface area contributed by atoms with Crippen molar-refractivity contribution in [3.05, 3.63) is 0 Å². The molecule has 15 heavy (non-hydrogen) atoms. The van der Waals surface area contributed by atoms with E-state index in [4.69, 9.17) is 22.8 Å². The molecule has 0 spiro atoms. The van der Waals surface area contributed by atoms with E-state index < -0.39 is 15.0 Å². The summed E-state index contributed by atoms with van der Waals surface area (Å²) in [6.07, 6.45) is -0.0462. The third-order valence-electron chi connectivity index (χ3n) is 1.72. The second-order valence-corrected chi connectivity index (χ2v) is 5.56. The summed E-state index contributed by atoms with van der Waals surface area (Å²) in [5.41, 5.74) is 0. The fourth-order valence-electron chi connectivity index (χ4n) is 0.801. The molecule has 0 aromatic heterocycles.